The maximum atomic E-state index is 12.7. The summed E-state index contributed by atoms with van der Waals surface area (Å²) in [7, 11) is 0. The van der Waals surface area contributed by atoms with E-state index >= 15 is 0 Å². The Kier molecular flexibility index (Phi) is 7.25. The van der Waals surface area contributed by atoms with Crippen LogP contribution in [-0.2, 0) is 13.2 Å². The Labute approximate surface area is 202 Å². The zero-order chi connectivity index (χ0) is 24.8. The predicted molar refractivity (Wildman–Crippen MR) is 134 cm³/mol. The number of fused-ring (bicyclic) bond motifs is 1. The van der Waals surface area contributed by atoms with Gasteiger partial charge in [-0.3, -0.25) is 4.79 Å². The maximum Gasteiger partial charge on any atom is 0.349 e. The molecule has 0 aliphatic heterocycles. The number of benzene rings is 2. The van der Waals surface area contributed by atoms with Gasteiger partial charge >= 0.3 is 11.6 Å². The average Bonchev–Trinajstić information content (AvgIpc) is 2.87. The second-order valence-electron chi connectivity index (χ2n) is 7.89. The van der Waals surface area contributed by atoms with Crippen LogP contribution >= 0.6 is 0 Å². The van der Waals surface area contributed by atoms with E-state index in [-0.39, 0.29) is 24.7 Å². The van der Waals surface area contributed by atoms with E-state index in [9.17, 15) is 9.59 Å². The van der Waals surface area contributed by atoms with Gasteiger partial charge in [-0.25, -0.2) is 9.78 Å². The van der Waals surface area contributed by atoms with Crippen LogP contribution in [-0.4, -0.2) is 29.0 Å². The number of nitrogen functional groups attached to an aromatic ring is 1. The van der Waals surface area contributed by atoms with Crippen molar-refractivity contribution >= 4 is 28.4 Å². The van der Waals surface area contributed by atoms with Crippen molar-refractivity contribution in [1.82, 2.24) is 15.3 Å². The Morgan fingerprint density at radius 1 is 1.06 bits per heavy atom. The topological polar surface area (TPSA) is 124 Å². The molecule has 9 nitrogen and oxygen atoms in total. The van der Waals surface area contributed by atoms with Crippen molar-refractivity contribution < 1.29 is 13.9 Å². The first-order chi connectivity index (χ1) is 17.0. The van der Waals surface area contributed by atoms with E-state index in [0.29, 0.717) is 16.8 Å². The molecule has 0 bridgehead atoms. The molecule has 4 aromatic rings. The molecular weight excluding hydrogens is 446 g/mol. The minimum absolute atomic E-state index is 0.0276. The number of nitrogens with zero attached hydrogens (tertiary/aromatic N) is 3. The van der Waals surface area contributed by atoms with Crippen molar-refractivity contribution in [3.05, 3.63) is 87.9 Å². The molecule has 2 heterocycles. The van der Waals surface area contributed by atoms with Gasteiger partial charge in [0, 0.05) is 43.0 Å². The van der Waals surface area contributed by atoms with Crippen molar-refractivity contribution in [3.8, 4) is 6.01 Å². The highest BCUT2D eigenvalue weighted by molar-refractivity contribution is 5.96. The molecule has 0 fully saturated rings. The van der Waals surface area contributed by atoms with Gasteiger partial charge in [0.05, 0.1) is 0 Å². The third-order valence-electron chi connectivity index (χ3n) is 5.59. The SMILES string of the molecule is CCN(CC)c1ccc2cc(C(=O)NCc3ccc(COc4nccc(N)n4)cc3)c(=O)oc2c1. The quantitative estimate of drug-likeness (QED) is 0.354. The molecule has 1 amide bonds. The number of nitrogens with two attached hydrogens (primary N) is 1. The van der Waals surface area contributed by atoms with E-state index in [2.05, 4.69) is 34.0 Å². The predicted octanol–water partition coefficient (Wildman–Crippen LogP) is 3.52. The monoisotopic (exact) mass is 473 g/mol. The Hall–Kier alpha value is -4.40. The molecule has 0 atom stereocenters. The first-order valence-electron chi connectivity index (χ1n) is 11.4. The summed E-state index contributed by atoms with van der Waals surface area (Å²) in [6.07, 6.45) is 1.53. The van der Waals surface area contributed by atoms with Crippen molar-refractivity contribution in [3.63, 3.8) is 0 Å². The fourth-order valence-corrected chi connectivity index (χ4v) is 3.65. The molecule has 0 saturated carbocycles. The number of amides is 1. The van der Waals surface area contributed by atoms with Gasteiger partial charge in [0.1, 0.15) is 23.6 Å². The fourth-order valence-electron chi connectivity index (χ4n) is 3.65. The first-order valence-corrected chi connectivity index (χ1v) is 11.4. The van der Waals surface area contributed by atoms with Crippen LogP contribution in [0.2, 0.25) is 0 Å². The number of aromatic nitrogens is 2. The first kappa shape index (κ1) is 23.7. The minimum Gasteiger partial charge on any atom is -0.459 e. The Bertz CT molecular complexity index is 1380. The third-order valence-corrected chi connectivity index (χ3v) is 5.59. The lowest BCUT2D eigenvalue weighted by Crippen LogP contribution is -2.27. The summed E-state index contributed by atoms with van der Waals surface area (Å²) in [5.74, 6) is -0.148. The van der Waals surface area contributed by atoms with E-state index in [1.165, 1.54) is 6.20 Å². The summed E-state index contributed by atoms with van der Waals surface area (Å²) in [5.41, 5.74) is 8.13. The lowest BCUT2D eigenvalue weighted by molar-refractivity contribution is 0.0947. The Balaban J connectivity index is 1.38. The van der Waals surface area contributed by atoms with Gasteiger partial charge < -0.3 is 25.1 Å². The normalized spacial score (nSPS) is 10.8. The van der Waals surface area contributed by atoms with Crippen molar-refractivity contribution in [2.24, 2.45) is 0 Å². The molecule has 0 saturated heterocycles. The molecule has 0 unspecified atom stereocenters. The number of nitrogens with one attached hydrogen (secondary N) is 1. The molecule has 3 N–H and O–H groups in total. The Morgan fingerprint density at radius 3 is 2.51 bits per heavy atom. The smallest absolute Gasteiger partial charge is 0.349 e. The zero-order valence-electron chi connectivity index (χ0n) is 19.7. The highest BCUT2D eigenvalue weighted by Gasteiger charge is 2.14. The molecule has 0 radical (unpaired) electrons. The van der Waals surface area contributed by atoms with E-state index in [4.69, 9.17) is 14.9 Å². The number of rotatable bonds is 9. The van der Waals surface area contributed by atoms with Crippen LogP contribution in [0, 0.1) is 0 Å². The minimum atomic E-state index is -0.664. The molecule has 0 aliphatic carbocycles. The molecule has 4 rings (SSSR count). The van der Waals surface area contributed by atoms with Crippen LogP contribution in [0.4, 0.5) is 11.5 Å². The summed E-state index contributed by atoms with van der Waals surface area (Å²) in [6, 6.07) is 16.5. The molecule has 180 valence electrons. The summed E-state index contributed by atoms with van der Waals surface area (Å²) >= 11 is 0. The number of carbonyl (C=O) groups excluding carboxylic acids is 1. The third kappa shape index (κ3) is 5.75. The van der Waals surface area contributed by atoms with Gasteiger partial charge in [0.2, 0.25) is 0 Å². The largest absolute Gasteiger partial charge is 0.459 e. The number of hydrogen-bond donors (Lipinski definition) is 2. The van der Waals surface area contributed by atoms with E-state index < -0.39 is 11.5 Å². The van der Waals surface area contributed by atoms with Crippen LogP contribution < -0.4 is 26.3 Å². The molecule has 2 aromatic heterocycles. The van der Waals surface area contributed by atoms with Crippen molar-refractivity contribution in [2.75, 3.05) is 23.7 Å². The van der Waals surface area contributed by atoms with Gasteiger partial charge in [-0.1, -0.05) is 24.3 Å². The van der Waals surface area contributed by atoms with Gasteiger partial charge in [-0.2, -0.15) is 4.98 Å². The molecule has 2 aromatic carbocycles. The summed E-state index contributed by atoms with van der Waals surface area (Å²) in [4.78, 5) is 35.3. The molecule has 9 heteroatoms. The van der Waals surface area contributed by atoms with Crippen molar-refractivity contribution in [1.29, 1.82) is 0 Å². The molecule has 0 spiro atoms. The fraction of sp³-hybridized carbons (Fsp3) is 0.231. The lowest BCUT2D eigenvalue weighted by Gasteiger charge is -2.21. The van der Waals surface area contributed by atoms with Crippen LogP contribution in [0.3, 0.4) is 0 Å². The van der Waals surface area contributed by atoms with Gasteiger partial charge in [-0.05, 0) is 49.2 Å². The number of hydrogen-bond acceptors (Lipinski definition) is 8. The van der Waals surface area contributed by atoms with E-state index in [1.807, 2.05) is 42.5 Å². The van der Waals surface area contributed by atoms with Crippen LogP contribution in [0.25, 0.3) is 11.0 Å². The lowest BCUT2D eigenvalue weighted by atomic mass is 10.1. The van der Waals surface area contributed by atoms with Crippen molar-refractivity contribution in [2.45, 2.75) is 27.0 Å². The molecule has 35 heavy (non-hydrogen) atoms. The van der Waals surface area contributed by atoms with Crippen LogP contribution in [0.15, 0.2) is 70.0 Å². The second kappa shape index (κ2) is 10.7. The average molecular weight is 474 g/mol. The Morgan fingerprint density at radius 2 is 1.80 bits per heavy atom. The molecule has 0 aliphatic rings. The van der Waals surface area contributed by atoms with Gasteiger partial charge in [-0.15, -0.1) is 0 Å². The summed E-state index contributed by atoms with van der Waals surface area (Å²) in [6.45, 7) is 6.36. The highest BCUT2D eigenvalue weighted by atomic mass is 16.5. The van der Waals surface area contributed by atoms with Gasteiger partial charge in [0.25, 0.3) is 5.91 Å². The van der Waals surface area contributed by atoms with E-state index in [1.54, 1.807) is 12.1 Å². The van der Waals surface area contributed by atoms with E-state index in [0.717, 1.165) is 29.9 Å². The van der Waals surface area contributed by atoms with Gasteiger partial charge in [0.15, 0.2) is 0 Å². The number of carbonyl (C=O) groups is 1. The standard InChI is InChI=1S/C26H27N5O4/c1-3-31(4-2)20-10-9-19-13-21(25(33)35-22(19)14-20)24(32)29-15-17-5-7-18(8-6-17)16-34-26-28-12-11-23(27)30-26/h5-14H,3-4,15-16H2,1-2H3,(H,29,32)(H2,27,28,30). The van der Waals surface area contributed by atoms with Crippen LogP contribution in [0.1, 0.15) is 35.3 Å². The second-order valence-corrected chi connectivity index (χ2v) is 7.89. The maximum absolute atomic E-state index is 12.7. The number of ether oxygens (including phenoxy) is 1. The zero-order valence-corrected chi connectivity index (χ0v) is 19.7. The molecular formula is C26H27N5O4. The van der Waals surface area contributed by atoms with Crippen LogP contribution in [0.5, 0.6) is 6.01 Å². The number of anilines is 2. The summed E-state index contributed by atoms with van der Waals surface area (Å²) in [5, 5.41) is 3.47. The summed E-state index contributed by atoms with van der Waals surface area (Å²) < 4.78 is 11.0. The highest BCUT2D eigenvalue weighted by Crippen LogP contribution is 2.22.